The van der Waals surface area contributed by atoms with Gasteiger partial charge in [-0.05, 0) is 11.4 Å². The highest BCUT2D eigenvalue weighted by atomic mass is 32.1. The quantitative estimate of drug-likeness (QED) is 0.913. The highest BCUT2D eigenvalue weighted by Crippen LogP contribution is 2.22. The zero-order valence-corrected chi connectivity index (χ0v) is 9.85. The molecule has 0 aliphatic carbocycles. The smallest absolute Gasteiger partial charge is 0.252 e. The van der Waals surface area contributed by atoms with Gasteiger partial charge in [0, 0.05) is 18.0 Å². The molecule has 0 aliphatic heterocycles. The van der Waals surface area contributed by atoms with Crippen LogP contribution in [0.5, 0.6) is 5.88 Å². The number of nitrogens with one attached hydrogen (secondary N) is 1. The van der Waals surface area contributed by atoms with E-state index in [0.717, 1.165) is 10.9 Å². The Labute approximate surface area is 101 Å². The number of anilines is 1. The van der Waals surface area contributed by atoms with Crippen molar-refractivity contribution in [2.45, 2.75) is 6.61 Å². The predicted octanol–water partition coefficient (Wildman–Crippen LogP) is 3.04. The average Bonchev–Trinajstić information content (AvgIpc) is 2.81. The van der Waals surface area contributed by atoms with Gasteiger partial charge in [0.15, 0.2) is 17.5 Å². The van der Waals surface area contributed by atoms with Gasteiger partial charge in [-0.15, -0.1) is 11.3 Å². The fourth-order valence-corrected chi connectivity index (χ4v) is 1.88. The molecule has 0 spiro atoms. The number of hydrogen-bond acceptors (Lipinski definition) is 4. The molecule has 0 aliphatic rings. The van der Waals surface area contributed by atoms with E-state index in [1.807, 2.05) is 17.5 Å². The molecule has 0 saturated carbocycles. The summed E-state index contributed by atoms with van der Waals surface area (Å²) in [6, 6.07) is 4.49. The van der Waals surface area contributed by atoms with Crippen LogP contribution in [0.25, 0.3) is 0 Å². The SMILES string of the molecule is CNc1nc(OCc2cccs2)c(F)cc1F. The Morgan fingerprint density at radius 2 is 2.24 bits per heavy atom. The van der Waals surface area contributed by atoms with E-state index in [9.17, 15) is 8.78 Å². The molecule has 0 unspecified atom stereocenters. The molecule has 2 rings (SSSR count). The van der Waals surface area contributed by atoms with Gasteiger partial charge < -0.3 is 10.1 Å². The van der Waals surface area contributed by atoms with E-state index < -0.39 is 11.6 Å². The Morgan fingerprint density at radius 1 is 1.41 bits per heavy atom. The Hall–Kier alpha value is -1.69. The van der Waals surface area contributed by atoms with Gasteiger partial charge in [0.25, 0.3) is 5.88 Å². The molecule has 0 aromatic carbocycles. The molecule has 2 aromatic heterocycles. The van der Waals surface area contributed by atoms with Gasteiger partial charge in [-0.3, -0.25) is 0 Å². The van der Waals surface area contributed by atoms with Gasteiger partial charge in [0.1, 0.15) is 6.61 Å². The normalized spacial score (nSPS) is 10.3. The summed E-state index contributed by atoms with van der Waals surface area (Å²) >= 11 is 1.50. The summed E-state index contributed by atoms with van der Waals surface area (Å²) in [4.78, 5) is 4.66. The van der Waals surface area contributed by atoms with Gasteiger partial charge in [-0.2, -0.15) is 4.98 Å². The third-order valence-electron chi connectivity index (χ3n) is 2.07. The van der Waals surface area contributed by atoms with Crippen molar-refractivity contribution in [1.82, 2.24) is 4.98 Å². The highest BCUT2D eigenvalue weighted by molar-refractivity contribution is 7.09. The van der Waals surface area contributed by atoms with Crippen molar-refractivity contribution in [2.75, 3.05) is 12.4 Å². The molecule has 2 heterocycles. The predicted molar refractivity (Wildman–Crippen MR) is 62.4 cm³/mol. The molecule has 0 atom stereocenters. The third-order valence-corrected chi connectivity index (χ3v) is 2.92. The summed E-state index contributed by atoms with van der Waals surface area (Å²) in [7, 11) is 1.51. The second-order valence-corrected chi connectivity index (χ2v) is 4.26. The summed E-state index contributed by atoms with van der Waals surface area (Å²) in [5.41, 5.74) is 0. The molecule has 0 bridgehead atoms. The Bertz CT molecular complexity index is 502. The van der Waals surface area contributed by atoms with E-state index >= 15 is 0 Å². The maximum atomic E-state index is 13.3. The summed E-state index contributed by atoms with van der Waals surface area (Å²) < 4.78 is 31.7. The van der Waals surface area contributed by atoms with Crippen molar-refractivity contribution in [3.63, 3.8) is 0 Å². The lowest BCUT2D eigenvalue weighted by Crippen LogP contribution is -2.03. The van der Waals surface area contributed by atoms with E-state index in [1.165, 1.54) is 18.4 Å². The molecule has 0 saturated heterocycles. The van der Waals surface area contributed by atoms with E-state index in [0.29, 0.717) is 0 Å². The van der Waals surface area contributed by atoms with Crippen LogP contribution in [-0.4, -0.2) is 12.0 Å². The van der Waals surface area contributed by atoms with Crippen LogP contribution in [0.1, 0.15) is 4.88 Å². The maximum absolute atomic E-state index is 13.3. The number of aromatic nitrogens is 1. The minimum absolute atomic E-state index is 0.0346. The Kier molecular flexibility index (Phi) is 3.53. The fraction of sp³-hybridized carbons (Fsp3) is 0.182. The lowest BCUT2D eigenvalue weighted by molar-refractivity contribution is 0.279. The van der Waals surface area contributed by atoms with Crippen LogP contribution in [-0.2, 0) is 6.61 Å². The summed E-state index contributed by atoms with van der Waals surface area (Å²) in [5.74, 6) is -1.79. The van der Waals surface area contributed by atoms with Crippen LogP contribution in [0.15, 0.2) is 23.6 Å². The molecular weight excluding hydrogens is 246 g/mol. The zero-order valence-electron chi connectivity index (χ0n) is 9.04. The number of ether oxygens (including phenoxy) is 1. The number of rotatable bonds is 4. The van der Waals surface area contributed by atoms with E-state index in [2.05, 4.69) is 10.3 Å². The largest absolute Gasteiger partial charge is 0.470 e. The lowest BCUT2D eigenvalue weighted by atomic mass is 10.4. The van der Waals surface area contributed by atoms with Crippen LogP contribution in [0.3, 0.4) is 0 Å². The Balaban J connectivity index is 2.15. The second-order valence-electron chi connectivity index (χ2n) is 3.22. The lowest BCUT2D eigenvalue weighted by Gasteiger charge is -2.07. The molecule has 1 N–H and O–H groups in total. The molecule has 90 valence electrons. The number of thiophene rings is 1. The van der Waals surface area contributed by atoms with E-state index in [1.54, 1.807) is 0 Å². The molecule has 0 amide bonds. The number of hydrogen-bond donors (Lipinski definition) is 1. The Morgan fingerprint density at radius 3 is 2.88 bits per heavy atom. The first-order valence-electron chi connectivity index (χ1n) is 4.89. The average molecular weight is 256 g/mol. The van der Waals surface area contributed by atoms with Crippen LogP contribution < -0.4 is 10.1 Å². The first-order chi connectivity index (χ1) is 8.20. The van der Waals surface area contributed by atoms with Crippen molar-refractivity contribution in [1.29, 1.82) is 0 Å². The van der Waals surface area contributed by atoms with Crippen molar-refractivity contribution < 1.29 is 13.5 Å². The van der Waals surface area contributed by atoms with Crippen LogP contribution in [0, 0.1) is 11.6 Å². The molecule has 0 fully saturated rings. The monoisotopic (exact) mass is 256 g/mol. The molecule has 3 nitrogen and oxygen atoms in total. The second kappa shape index (κ2) is 5.09. The van der Waals surface area contributed by atoms with Crippen LogP contribution >= 0.6 is 11.3 Å². The zero-order chi connectivity index (χ0) is 12.3. The topological polar surface area (TPSA) is 34.2 Å². The van der Waals surface area contributed by atoms with Gasteiger partial charge >= 0.3 is 0 Å². The number of pyridine rings is 1. The standard InChI is InChI=1S/C11H10F2N2OS/c1-14-10-8(12)5-9(13)11(15-10)16-6-7-3-2-4-17-7/h2-5H,6H2,1H3,(H,14,15). The first-order valence-corrected chi connectivity index (χ1v) is 5.77. The summed E-state index contributed by atoms with van der Waals surface area (Å²) in [5, 5.41) is 4.42. The molecule has 17 heavy (non-hydrogen) atoms. The number of halogens is 2. The summed E-state index contributed by atoms with van der Waals surface area (Å²) in [6.45, 7) is 0.219. The maximum Gasteiger partial charge on any atom is 0.252 e. The van der Waals surface area contributed by atoms with E-state index in [4.69, 9.17) is 4.74 Å². The fourth-order valence-electron chi connectivity index (χ4n) is 1.26. The van der Waals surface area contributed by atoms with Gasteiger partial charge in [-0.25, -0.2) is 8.78 Å². The minimum Gasteiger partial charge on any atom is -0.470 e. The van der Waals surface area contributed by atoms with Gasteiger partial charge in [-0.1, -0.05) is 6.07 Å². The molecule has 2 aromatic rings. The van der Waals surface area contributed by atoms with E-state index in [-0.39, 0.29) is 18.3 Å². The minimum atomic E-state index is -0.807. The van der Waals surface area contributed by atoms with Crippen molar-refractivity contribution in [3.8, 4) is 5.88 Å². The number of nitrogens with zero attached hydrogens (tertiary/aromatic N) is 1. The molecule has 0 radical (unpaired) electrons. The van der Waals surface area contributed by atoms with Gasteiger partial charge in [0.05, 0.1) is 0 Å². The third kappa shape index (κ3) is 2.71. The van der Waals surface area contributed by atoms with Gasteiger partial charge in [0.2, 0.25) is 0 Å². The molecule has 6 heteroatoms. The van der Waals surface area contributed by atoms with Crippen molar-refractivity contribution in [2.24, 2.45) is 0 Å². The summed E-state index contributed by atoms with van der Waals surface area (Å²) in [6.07, 6.45) is 0. The highest BCUT2D eigenvalue weighted by Gasteiger charge is 2.12. The van der Waals surface area contributed by atoms with Crippen molar-refractivity contribution in [3.05, 3.63) is 40.1 Å². The first kappa shape index (κ1) is 11.8. The van der Waals surface area contributed by atoms with Crippen LogP contribution in [0.2, 0.25) is 0 Å². The van der Waals surface area contributed by atoms with Crippen molar-refractivity contribution >= 4 is 17.2 Å². The van der Waals surface area contributed by atoms with Crippen LogP contribution in [0.4, 0.5) is 14.6 Å². The molecular formula is C11H10F2N2OS.